The highest BCUT2D eigenvalue weighted by Gasteiger charge is 2.37. The van der Waals surface area contributed by atoms with E-state index in [2.05, 4.69) is 0 Å². The third-order valence-electron chi connectivity index (χ3n) is 4.10. The number of anilines is 1. The number of nitrogens with zero attached hydrogens (tertiary/aromatic N) is 1. The third-order valence-corrected chi connectivity index (χ3v) is 4.65. The number of carbonyl (C=O) groups is 3. The Kier molecular flexibility index (Phi) is 5.59. The van der Waals surface area contributed by atoms with E-state index >= 15 is 0 Å². The van der Waals surface area contributed by atoms with Gasteiger partial charge < -0.3 is 9.64 Å². The molecule has 0 spiro atoms. The second-order valence-corrected chi connectivity index (χ2v) is 6.74. The van der Waals surface area contributed by atoms with E-state index in [9.17, 15) is 14.4 Å². The molecule has 2 aromatic carbocycles. The molecule has 1 saturated heterocycles. The van der Waals surface area contributed by atoms with Crippen LogP contribution in [0.4, 0.5) is 5.69 Å². The molecule has 0 N–H and O–H groups in total. The number of rotatable bonds is 5. The molecule has 26 heavy (non-hydrogen) atoms. The molecule has 1 atom stereocenters. The number of esters is 1. The van der Waals surface area contributed by atoms with Gasteiger partial charge in [-0.15, -0.1) is 0 Å². The zero-order valence-corrected chi connectivity index (χ0v) is 15.2. The summed E-state index contributed by atoms with van der Waals surface area (Å²) in [6, 6.07) is 13.4. The largest absolute Gasteiger partial charge is 0.457 e. The van der Waals surface area contributed by atoms with E-state index < -0.39 is 11.9 Å². The smallest absolute Gasteiger partial charge is 0.311 e. The number of halogens is 2. The minimum atomic E-state index is -0.652. The summed E-state index contributed by atoms with van der Waals surface area (Å²) in [5.74, 6) is -1.77. The van der Waals surface area contributed by atoms with E-state index in [0.717, 1.165) is 0 Å². The number of ether oxygens (including phenoxy) is 1. The summed E-state index contributed by atoms with van der Waals surface area (Å²) in [4.78, 5) is 37.9. The van der Waals surface area contributed by atoms with Gasteiger partial charge in [0.2, 0.25) is 5.91 Å². The lowest BCUT2D eigenvalue weighted by atomic mass is 10.1. The van der Waals surface area contributed by atoms with Crippen LogP contribution in [0.2, 0.25) is 10.0 Å². The SMILES string of the molecule is O=C(COC(=O)[C@@H]1CC(=O)N(c2cc(Cl)ccc2Cl)C1)c1ccccc1. The lowest BCUT2D eigenvalue weighted by Gasteiger charge is -2.18. The molecule has 7 heteroatoms. The molecule has 3 rings (SSSR count). The highest BCUT2D eigenvalue weighted by Crippen LogP contribution is 2.33. The van der Waals surface area contributed by atoms with Crippen LogP contribution in [0.1, 0.15) is 16.8 Å². The van der Waals surface area contributed by atoms with Gasteiger partial charge in [-0.05, 0) is 18.2 Å². The Morgan fingerprint density at radius 2 is 1.85 bits per heavy atom. The van der Waals surface area contributed by atoms with Crippen LogP contribution in [0.5, 0.6) is 0 Å². The number of carbonyl (C=O) groups excluding carboxylic acids is 3. The molecular weight excluding hydrogens is 377 g/mol. The van der Waals surface area contributed by atoms with Crippen LogP contribution in [0.15, 0.2) is 48.5 Å². The normalized spacial score (nSPS) is 16.6. The number of hydrogen-bond acceptors (Lipinski definition) is 4. The van der Waals surface area contributed by atoms with Crippen molar-refractivity contribution in [1.82, 2.24) is 0 Å². The van der Waals surface area contributed by atoms with Crippen LogP contribution >= 0.6 is 23.2 Å². The first-order valence-electron chi connectivity index (χ1n) is 7.96. The first-order valence-corrected chi connectivity index (χ1v) is 8.71. The minimum Gasteiger partial charge on any atom is -0.457 e. The Bertz CT molecular complexity index is 854. The Hall–Kier alpha value is -2.37. The van der Waals surface area contributed by atoms with E-state index in [4.69, 9.17) is 27.9 Å². The first-order chi connectivity index (χ1) is 12.5. The van der Waals surface area contributed by atoms with Crippen molar-refractivity contribution in [2.75, 3.05) is 18.1 Å². The summed E-state index contributed by atoms with van der Waals surface area (Å²) in [6.45, 7) is -0.220. The Morgan fingerprint density at radius 1 is 1.12 bits per heavy atom. The van der Waals surface area contributed by atoms with Gasteiger partial charge in [0.15, 0.2) is 12.4 Å². The number of ketones is 1. The fraction of sp³-hybridized carbons (Fsp3) is 0.211. The predicted molar refractivity (Wildman–Crippen MR) is 98.7 cm³/mol. The fourth-order valence-corrected chi connectivity index (χ4v) is 3.14. The van der Waals surface area contributed by atoms with Gasteiger partial charge in [-0.3, -0.25) is 14.4 Å². The average Bonchev–Trinajstić information content (AvgIpc) is 3.03. The molecule has 0 aromatic heterocycles. The van der Waals surface area contributed by atoms with Crippen LogP contribution < -0.4 is 4.90 Å². The second kappa shape index (κ2) is 7.89. The monoisotopic (exact) mass is 391 g/mol. The number of hydrogen-bond donors (Lipinski definition) is 0. The quantitative estimate of drug-likeness (QED) is 0.574. The molecule has 0 saturated carbocycles. The highest BCUT2D eigenvalue weighted by atomic mass is 35.5. The van der Waals surface area contributed by atoms with Crippen LogP contribution in [-0.2, 0) is 14.3 Å². The summed E-state index contributed by atoms with van der Waals surface area (Å²) in [6.07, 6.45) is 0.00119. The van der Waals surface area contributed by atoms with Crippen LogP contribution in [0.25, 0.3) is 0 Å². The highest BCUT2D eigenvalue weighted by molar-refractivity contribution is 6.35. The minimum absolute atomic E-state index is 0.00119. The van der Waals surface area contributed by atoms with Crippen molar-refractivity contribution in [2.45, 2.75) is 6.42 Å². The summed E-state index contributed by atoms with van der Waals surface area (Å²) in [7, 11) is 0. The van der Waals surface area contributed by atoms with Gasteiger partial charge in [-0.2, -0.15) is 0 Å². The molecule has 1 heterocycles. The van der Waals surface area contributed by atoms with Crippen molar-refractivity contribution >= 4 is 46.5 Å². The lowest BCUT2D eigenvalue weighted by Crippen LogP contribution is -2.27. The maximum Gasteiger partial charge on any atom is 0.311 e. The van der Waals surface area contributed by atoms with Crippen LogP contribution in [0, 0.1) is 5.92 Å². The molecule has 1 aliphatic heterocycles. The molecule has 0 bridgehead atoms. The molecule has 1 aliphatic rings. The van der Waals surface area contributed by atoms with Crippen molar-refractivity contribution in [1.29, 1.82) is 0 Å². The van der Waals surface area contributed by atoms with Gasteiger partial charge in [-0.1, -0.05) is 53.5 Å². The van der Waals surface area contributed by atoms with Crippen LogP contribution in [0.3, 0.4) is 0 Å². The number of Topliss-reactive ketones (excluding diaryl/α,β-unsaturated/α-hetero) is 1. The van der Waals surface area contributed by atoms with Crippen molar-refractivity contribution in [3.05, 3.63) is 64.1 Å². The van der Waals surface area contributed by atoms with Gasteiger partial charge >= 0.3 is 5.97 Å². The van der Waals surface area contributed by atoms with Gasteiger partial charge in [0.05, 0.1) is 16.6 Å². The molecule has 1 fully saturated rings. The maximum absolute atomic E-state index is 12.3. The van der Waals surface area contributed by atoms with Crippen LogP contribution in [-0.4, -0.2) is 30.8 Å². The first kappa shape index (κ1) is 18.4. The van der Waals surface area contributed by atoms with Crippen molar-refractivity contribution in [2.24, 2.45) is 5.92 Å². The van der Waals surface area contributed by atoms with E-state index in [1.54, 1.807) is 48.5 Å². The molecule has 5 nitrogen and oxygen atoms in total. The second-order valence-electron chi connectivity index (χ2n) is 5.90. The summed E-state index contributed by atoms with van der Waals surface area (Å²) < 4.78 is 5.10. The number of amides is 1. The molecule has 0 aliphatic carbocycles. The lowest BCUT2D eigenvalue weighted by molar-refractivity contribution is -0.147. The molecular formula is C19H15Cl2NO4. The third kappa shape index (κ3) is 4.06. The molecule has 0 unspecified atom stereocenters. The predicted octanol–water partition coefficient (Wildman–Crippen LogP) is 3.77. The topological polar surface area (TPSA) is 63.7 Å². The standard InChI is InChI=1S/C19H15Cl2NO4/c20-14-6-7-15(21)16(9-14)22-10-13(8-18(22)24)19(25)26-11-17(23)12-4-2-1-3-5-12/h1-7,9,13H,8,10-11H2/t13-/m1/s1. The Morgan fingerprint density at radius 3 is 2.58 bits per heavy atom. The van der Waals surface area contributed by atoms with Crippen molar-refractivity contribution < 1.29 is 19.1 Å². The summed E-state index contributed by atoms with van der Waals surface area (Å²) >= 11 is 12.1. The summed E-state index contributed by atoms with van der Waals surface area (Å²) in [5, 5.41) is 0.813. The summed E-state index contributed by atoms with van der Waals surface area (Å²) in [5.41, 5.74) is 0.926. The van der Waals surface area contributed by atoms with E-state index in [1.807, 2.05) is 0 Å². The van der Waals surface area contributed by atoms with Gasteiger partial charge in [0, 0.05) is 23.6 Å². The molecule has 0 radical (unpaired) electrons. The maximum atomic E-state index is 12.3. The fourth-order valence-electron chi connectivity index (χ4n) is 2.75. The number of benzene rings is 2. The van der Waals surface area contributed by atoms with E-state index in [-0.39, 0.29) is 31.3 Å². The average molecular weight is 392 g/mol. The van der Waals surface area contributed by atoms with E-state index in [0.29, 0.717) is 21.3 Å². The van der Waals surface area contributed by atoms with Crippen molar-refractivity contribution in [3.8, 4) is 0 Å². The molecule has 1 amide bonds. The molecule has 2 aromatic rings. The van der Waals surface area contributed by atoms with Crippen molar-refractivity contribution in [3.63, 3.8) is 0 Å². The van der Waals surface area contributed by atoms with Gasteiger partial charge in [0.1, 0.15) is 0 Å². The van der Waals surface area contributed by atoms with E-state index in [1.165, 1.54) is 4.90 Å². The van der Waals surface area contributed by atoms with Gasteiger partial charge in [-0.25, -0.2) is 0 Å². The zero-order chi connectivity index (χ0) is 18.7. The van der Waals surface area contributed by atoms with Gasteiger partial charge in [0.25, 0.3) is 0 Å². The Balaban J connectivity index is 1.62. The Labute approximate surface area is 160 Å². The molecule has 134 valence electrons. The zero-order valence-electron chi connectivity index (χ0n) is 13.7.